The average molecular weight is 459 g/mol. The van der Waals surface area contributed by atoms with Crippen LogP contribution in [0.25, 0.3) is 0 Å². The summed E-state index contributed by atoms with van der Waals surface area (Å²) in [6, 6.07) is 11.7. The van der Waals surface area contributed by atoms with E-state index in [2.05, 4.69) is 5.32 Å². The zero-order valence-corrected chi connectivity index (χ0v) is 20.4. The highest BCUT2D eigenvalue weighted by atomic mass is 16.5. The van der Waals surface area contributed by atoms with Gasteiger partial charge in [-0.05, 0) is 45.4 Å². The van der Waals surface area contributed by atoms with Crippen LogP contribution >= 0.6 is 0 Å². The van der Waals surface area contributed by atoms with Gasteiger partial charge in [-0.2, -0.15) is 0 Å². The van der Waals surface area contributed by atoms with E-state index in [9.17, 15) is 9.59 Å². The van der Waals surface area contributed by atoms with Crippen molar-refractivity contribution < 1.29 is 28.5 Å². The molecule has 8 nitrogen and oxygen atoms in total. The minimum Gasteiger partial charge on any atom is -0.497 e. The van der Waals surface area contributed by atoms with Gasteiger partial charge in [0.15, 0.2) is 6.61 Å². The van der Waals surface area contributed by atoms with E-state index in [4.69, 9.17) is 18.9 Å². The van der Waals surface area contributed by atoms with Crippen LogP contribution < -0.4 is 24.3 Å². The molecule has 0 saturated heterocycles. The molecule has 0 spiro atoms. The molecule has 2 amide bonds. The first-order valence-electron chi connectivity index (χ1n) is 10.7. The maximum absolute atomic E-state index is 13.2. The Bertz CT molecular complexity index is 932. The number of ether oxygens (including phenoxy) is 4. The molecular weight excluding hydrogens is 424 g/mol. The number of hydrogen-bond acceptors (Lipinski definition) is 6. The Morgan fingerprint density at radius 3 is 2.03 bits per heavy atom. The molecule has 0 fully saturated rings. The van der Waals surface area contributed by atoms with Crippen LogP contribution in [0.1, 0.15) is 33.3 Å². The molecule has 0 heterocycles. The minimum atomic E-state index is -0.716. The Morgan fingerprint density at radius 1 is 0.909 bits per heavy atom. The molecule has 0 saturated carbocycles. The van der Waals surface area contributed by atoms with Crippen molar-refractivity contribution in [1.29, 1.82) is 0 Å². The highest BCUT2D eigenvalue weighted by molar-refractivity contribution is 5.88. The SMILES string of the molecule is COc1cccc(CN(C(=O)COc2cc(OC)cc(OC)c2)[C@H](C)C(=O)NC(C)(C)C)c1. The van der Waals surface area contributed by atoms with E-state index >= 15 is 0 Å². The molecular formula is C25H34N2O6. The fourth-order valence-electron chi connectivity index (χ4n) is 3.12. The number of nitrogens with one attached hydrogen (secondary N) is 1. The number of methoxy groups -OCH3 is 3. The van der Waals surface area contributed by atoms with Crippen LogP contribution in [-0.4, -0.2) is 56.2 Å². The summed E-state index contributed by atoms with van der Waals surface area (Å²) in [5.74, 6) is 1.60. The first-order valence-corrected chi connectivity index (χ1v) is 10.7. The van der Waals surface area contributed by atoms with Crippen molar-refractivity contribution in [2.75, 3.05) is 27.9 Å². The number of nitrogens with zero attached hydrogens (tertiary/aromatic N) is 1. The van der Waals surface area contributed by atoms with Crippen molar-refractivity contribution >= 4 is 11.8 Å². The van der Waals surface area contributed by atoms with Crippen LogP contribution in [-0.2, 0) is 16.1 Å². The second kappa shape index (κ2) is 11.4. The molecule has 33 heavy (non-hydrogen) atoms. The lowest BCUT2D eigenvalue weighted by Gasteiger charge is -2.31. The summed E-state index contributed by atoms with van der Waals surface area (Å²) >= 11 is 0. The number of benzene rings is 2. The van der Waals surface area contributed by atoms with Gasteiger partial charge in [0.1, 0.15) is 29.0 Å². The Hall–Kier alpha value is -3.42. The van der Waals surface area contributed by atoms with Gasteiger partial charge in [-0.15, -0.1) is 0 Å². The molecule has 0 radical (unpaired) electrons. The zero-order valence-electron chi connectivity index (χ0n) is 20.4. The molecule has 0 unspecified atom stereocenters. The lowest BCUT2D eigenvalue weighted by Crippen LogP contribution is -2.53. The average Bonchev–Trinajstić information content (AvgIpc) is 2.79. The normalized spacial score (nSPS) is 11.8. The topological polar surface area (TPSA) is 86.3 Å². The van der Waals surface area contributed by atoms with Crippen LogP contribution in [0.5, 0.6) is 23.0 Å². The monoisotopic (exact) mass is 458 g/mol. The zero-order chi connectivity index (χ0) is 24.6. The summed E-state index contributed by atoms with van der Waals surface area (Å²) in [7, 11) is 4.65. The Morgan fingerprint density at radius 2 is 1.48 bits per heavy atom. The van der Waals surface area contributed by atoms with E-state index in [-0.39, 0.29) is 25.0 Å². The van der Waals surface area contributed by atoms with Crippen LogP contribution in [0.15, 0.2) is 42.5 Å². The molecule has 0 aromatic heterocycles. The Kier molecular flexibility index (Phi) is 8.96. The number of hydrogen-bond donors (Lipinski definition) is 1. The third kappa shape index (κ3) is 7.89. The first-order chi connectivity index (χ1) is 15.6. The predicted molar refractivity (Wildman–Crippen MR) is 126 cm³/mol. The summed E-state index contributed by atoms with van der Waals surface area (Å²) in [4.78, 5) is 27.6. The molecule has 1 N–H and O–H groups in total. The highest BCUT2D eigenvalue weighted by Crippen LogP contribution is 2.27. The van der Waals surface area contributed by atoms with Gasteiger partial charge in [0.2, 0.25) is 5.91 Å². The number of carbonyl (C=O) groups excluding carboxylic acids is 2. The van der Waals surface area contributed by atoms with Crippen molar-refractivity contribution in [3.8, 4) is 23.0 Å². The maximum atomic E-state index is 13.2. The molecule has 0 aliphatic carbocycles. The van der Waals surface area contributed by atoms with Crippen molar-refractivity contribution in [3.63, 3.8) is 0 Å². The minimum absolute atomic E-state index is 0.222. The van der Waals surface area contributed by atoms with Crippen molar-refractivity contribution in [2.24, 2.45) is 0 Å². The lowest BCUT2D eigenvalue weighted by molar-refractivity contribution is -0.142. The van der Waals surface area contributed by atoms with Crippen LogP contribution in [0.2, 0.25) is 0 Å². The quantitative estimate of drug-likeness (QED) is 0.587. The van der Waals surface area contributed by atoms with Gasteiger partial charge in [0.25, 0.3) is 5.91 Å². The molecule has 1 atom stereocenters. The largest absolute Gasteiger partial charge is 0.497 e. The number of rotatable bonds is 10. The fraction of sp³-hybridized carbons (Fsp3) is 0.440. The highest BCUT2D eigenvalue weighted by Gasteiger charge is 2.28. The van der Waals surface area contributed by atoms with Gasteiger partial charge in [-0.25, -0.2) is 0 Å². The van der Waals surface area contributed by atoms with Gasteiger partial charge in [-0.1, -0.05) is 12.1 Å². The molecule has 0 aliphatic rings. The molecule has 8 heteroatoms. The standard InChI is InChI=1S/C25H34N2O6/c1-17(24(29)26-25(2,3)4)27(15-18-9-8-10-19(11-18)30-5)23(28)16-33-22-13-20(31-6)12-21(14-22)32-7/h8-14,17H,15-16H2,1-7H3,(H,26,29)/t17-/m1/s1. The van der Waals surface area contributed by atoms with Gasteiger partial charge in [0, 0.05) is 30.3 Å². The van der Waals surface area contributed by atoms with E-state index in [0.29, 0.717) is 23.0 Å². The smallest absolute Gasteiger partial charge is 0.261 e. The van der Waals surface area contributed by atoms with Crippen molar-refractivity contribution in [1.82, 2.24) is 10.2 Å². The summed E-state index contributed by atoms with van der Waals surface area (Å²) in [6.45, 7) is 7.35. The molecule has 2 rings (SSSR count). The summed E-state index contributed by atoms with van der Waals surface area (Å²) < 4.78 is 21.5. The second-order valence-electron chi connectivity index (χ2n) is 8.63. The first kappa shape index (κ1) is 25.8. The predicted octanol–water partition coefficient (Wildman–Crippen LogP) is 3.42. The van der Waals surface area contributed by atoms with E-state index < -0.39 is 11.6 Å². The van der Waals surface area contributed by atoms with Gasteiger partial charge >= 0.3 is 0 Å². The van der Waals surface area contributed by atoms with E-state index in [1.165, 1.54) is 19.1 Å². The maximum Gasteiger partial charge on any atom is 0.261 e. The molecule has 180 valence electrons. The van der Waals surface area contributed by atoms with Crippen LogP contribution in [0.4, 0.5) is 0 Å². The van der Waals surface area contributed by atoms with Crippen LogP contribution in [0, 0.1) is 0 Å². The summed E-state index contributed by atoms with van der Waals surface area (Å²) in [6.07, 6.45) is 0. The summed E-state index contributed by atoms with van der Waals surface area (Å²) in [5, 5.41) is 2.94. The van der Waals surface area contributed by atoms with Crippen molar-refractivity contribution in [3.05, 3.63) is 48.0 Å². The molecule has 0 bridgehead atoms. The molecule has 2 aromatic carbocycles. The third-order valence-corrected chi connectivity index (χ3v) is 4.84. The van der Waals surface area contributed by atoms with E-state index in [1.807, 2.05) is 45.0 Å². The summed E-state index contributed by atoms with van der Waals surface area (Å²) in [5.41, 5.74) is 0.407. The second-order valence-corrected chi connectivity index (χ2v) is 8.63. The number of amides is 2. The Balaban J connectivity index is 2.24. The van der Waals surface area contributed by atoms with E-state index in [0.717, 1.165) is 5.56 Å². The van der Waals surface area contributed by atoms with Gasteiger partial charge < -0.3 is 29.2 Å². The van der Waals surface area contributed by atoms with Gasteiger partial charge in [0.05, 0.1) is 21.3 Å². The fourth-order valence-corrected chi connectivity index (χ4v) is 3.12. The van der Waals surface area contributed by atoms with Crippen LogP contribution in [0.3, 0.4) is 0 Å². The lowest BCUT2D eigenvalue weighted by atomic mass is 10.1. The third-order valence-electron chi connectivity index (χ3n) is 4.84. The molecule has 0 aliphatic heterocycles. The number of carbonyl (C=O) groups is 2. The van der Waals surface area contributed by atoms with Crippen molar-refractivity contribution in [2.45, 2.75) is 45.8 Å². The van der Waals surface area contributed by atoms with E-state index in [1.54, 1.807) is 32.2 Å². The Labute approximate surface area is 195 Å². The van der Waals surface area contributed by atoms with Gasteiger partial charge in [-0.3, -0.25) is 9.59 Å². The molecule has 2 aromatic rings.